The molecule has 2 aliphatic rings. The maximum atomic E-state index is 13.4. The van der Waals surface area contributed by atoms with Crippen LogP contribution in [0.5, 0.6) is 0 Å². The summed E-state index contributed by atoms with van der Waals surface area (Å²) in [5.74, 6) is 1.97. The van der Waals surface area contributed by atoms with Gasteiger partial charge >= 0.3 is 6.18 Å². The Bertz CT molecular complexity index is 1180. The molecular formula is C26H28F3N5O. The highest BCUT2D eigenvalue weighted by Gasteiger charge is 2.30. The maximum Gasteiger partial charge on any atom is 0.416 e. The summed E-state index contributed by atoms with van der Waals surface area (Å²) < 4.78 is 41.1. The van der Waals surface area contributed by atoms with Crippen molar-refractivity contribution < 1.29 is 18.0 Å². The molecule has 0 aliphatic carbocycles. The smallest absolute Gasteiger partial charge is 0.336 e. The summed E-state index contributed by atoms with van der Waals surface area (Å²) in [5, 5.41) is 8.80. The van der Waals surface area contributed by atoms with Gasteiger partial charge < -0.3 is 9.47 Å². The molecule has 1 fully saturated rings. The van der Waals surface area contributed by atoms with E-state index in [4.69, 9.17) is 0 Å². The van der Waals surface area contributed by atoms with Crippen LogP contribution in [0.4, 0.5) is 13.2 Å². The van der Waals surface area contributed by atoms with Gasteiger partial charge in [0, 0.05) is 44.7 Å². The number of nitrogens with zero attached hydrogens (tertiary/aromatic N) is 5. The Kier molecular flexibility index (Phi) is 6.60. The zero-order chi connectivity index (χ0) is 24.4. The lowest BCUT2D eigenvalue weighted by Crippen LogP contribution is -2.48. The van der Waals surface area contributed by atoms with Crippen LogP contribution in [0.1, 0.15) is 46.8 Å². The van der Waals surface area contributed by atoms with Gasteiger partial charge in [-0.05, 0) is 42.2 Å². The Morgan fingerprint density at radius 3 is 2.34 bits per heavy atom. The molecule has 6 nitrogen and oxygen atoms in total. The highest BCUT2D eigenvalue weighted by atomic mass is 19.4. The molecule has 5 rings (SSSR count). The molecule has 2 aliphatic heterocycles. The van der Waals surface area contributed by atoms with Gasteiger partial charge in [0.25, 0.3) is 5.91 Å². The van der Waals surface area contributed by atoms with Crippen molar-refractivity contribution >= 4 is 5.91 Å². The minimum Gasteiger partial charge on any atom is -0.336 e. The molecule has 0 spiro atoms. The first-order valence-electron chi connectivity index (χ1n) is 12.1. The predicted molar refractivity (Wildman–Crippen MR) is 126 cm³/mol. The molecule has 1 aromatic heterocycles. The van der Waals surface area contributed by atoms with Crippen LogP contribution in [0, 0.1) is 0 Å². The SMILES string of the molecule is O=C(c1ccccc1-c1ccc(C(F)(F)F)cc1)N1CCN(Cc2nnc3n2CCCCC3)CC1. The third-order valence-electron chi connectivity index (χ3n) is 6.89. The normalized spacial score (nSPS) is 17.2. The van der Waals surface area contributed by atoms with E-state index in [1.165, 1.54) is 18.6 Å². The fourth-order valence-electron chi connectivity index (χ4n) is 4.90. The lowest BCUT2D eigenvalue weighted by Gasteiger charge is -2.34. The van der Waals surface area contributed by atoms with E-state index in [9.17, 15) is 18.0 Å². The summed E-state index contributed by atoms with van der Waals surface area (Å²) in [6.45, 7) is 4.32. The number of rotatable bonds is 4. The molecule has 35 heavy (non-hydrogen) atoms. The summed E-state index contributed by atoms with van der Waals surface area (Å²) in [5.41, 5.74) is 1.03. The van der Waals surface area contributed by atoms with Crippen LogP contribution < -0.4 is 0 Å². The quantitative estimate of drug-likeness (QED) is 0.542. The lowest BCUT2D eigenvalue weighted by atomic mass is 9.97. The number of hydrogen-bond acceptors (Lipinski definition) is 4. The van der Waals surface area contributed by atoms with Crippen molar-refractivity contribution in [3.63, 3.8) is 0 Å². The standard InChI is InChI=1S/C26H28F3N5O/c27-26(28,29)20-11-9-19(10-12-20)21-6-3-4-7-22(21)25(35)33-16-14-32(15-17-33)18-24-31-30-23-8-2-1-5-13-34(23)24/h3-4,6-7,9-12H,1-2,5,8,13-18H2. The summed E-state index contributed by atoms with van der Waals surface area (Å²) in [6.07, 6.45) is 0.120. The zero-order valence-electron chi connectivity index (χ0n) is 19.5. The lowest BCUT2D eigenvalue weighted by molar-refractivity contribution is -0.137. The molecule has 3 aromatic rings. The average Bonchev–Trinajstić information content (AvgIpc) is 3.08. The van der Waals surface area contributed by atoms with E-state index in [1.54, 1.807) is 24.3 Å². The fourth-order valence-corrected chi connectivity index (χ4v) is 4.90. The van der Waals surface area contributed by atoms with Crippen molar-refractivity contribution in [3.05, 3.63) is 71.3 Å². The number of carbonyl (C=O) groups is 1. The monoisotopic (exact) mass is 483 g/mol. The van der Waals surface area contributed by atoms with Crippen molar-refractivity contribution in [1.29, 1.82) is 0 Å². The molecule has 1 saturated heterocycles. The number of amides is 1. The molecule has 0 unspecified atom stereocenters. The summed E-state index contributed by atoms with van der Waals surface area (Å²) in [7, 11) is 0. The third kappa shape index (κ3) is 5.10. The first-order valence-corrected chi connectivity index (χ1v) is 12.1. The second-order valence-corrected chi connectivity index (χ2v) is 9.18. The van der Waals surface area contributed by atoms with Crippen LogP contribution in [-0.2, 0) is 25.7 Å². The number of halogens is 3. The minimum absolute atomic E-state index is 0.100. The summed E-state index contributed by atoms with van der Waals surface area (Å²) >= 11 is 0. The number of benzene rings is 2. The largest absolute Gasteiger partial charge is 0.416 e. The first kappa shape index (κ1) is 23.5. The molecule has 184 valence electrons. The number of piperazine rings is 1. The highest BCUT2D eigenvalue weighted by molar-refractivity contribution is 6.01. The van der Waals surface area contributed by atoms with Gasteiger partial charge in [0.15, 0.2) is 0 Å². The van der Waals surface area contributed by atoms with Gasteiger partial charge in [-0.2, -0.15) is 13.2 Å². The molecule has 3 heterocycles. The number of hydrogen-bond donors (Lipinski definition) is 0. The molecule has 2 aromatic carbocycles. The Balaban J connectivity index is 1.25. The van der Waals surface area contributed by atoms with Crippen LogP contribution in [0.3, 0.4) is 0 Å². The van der Waals surface area contributed by atoms with Crippen molar-refractivity contribution in [2.45, 2.75) is 44.9 Å². The van der Waals surface area contributed by atoms with Gasteiger partial charge in [-0.25, -0.2) is 0 Å². The van der Waals surface area contributed by atoms with Crippen LogP contribution in [0.25, 0.3) is 11.1 Å². The number of aromatic nitrogens is 3. The van der Waals surface area contributed by atoms with Gasteiger partial charge in [-0.15, -0.1) is 10.2 Å². The van der Waals surface area contributed by atoms with Crippen LogP contribution in [0.2, 0.25) is 0 Å². The molecule has 0 N–H and O–H groups in total. The molecule has 0 bridgehead atoms. The number of aryl methyl sites for hydroxylation is 1. The van der Waals surface area contributed by atoms with E-state index in [1.807, 2.05) is 4.90 Å². The van der Waals surface area contributed by atoms with Crippen molar-refractivity contribution in [2.24, 2.45) is 0 Å². The molecule has 9 heteroatoms. The van der Waals surface area contributed by atoms with Crippen LogP contribution in [0.15, 0.2) is 48.5 Å². The topological polar surface area (TPSA) is 54.3 Å². The fraction of sp³-hybridized carbons (Fsp3) is 0.423. The predicted octanol–water partition coefficient (Wildman–Crippen LogP) is 4.65. The van der Waals surface area contributed by atoms with Crippen LogP contribution >= 0.6 is 0 Å². The Morgan fingerprint density at radius 2 is 1.60 bits per heavy atom. The molecule has 0 atom stereocenters. The minimum atomic E-state index is -4.39. The van der Waals surface area contributed by atoms with E-state index in [-0.39, 0.29) is 5.91 Å². The Hall–Kier alpha value is -3.20. The molecule has 1 amide bonds. The highest BCUT2D eigenvalue weighted by Crippen LogP contribution is 2.32. The zero-order valence-corrected chi connectivity index (χ0v) is 19.5. The number of fused-ring (bicyclic) bond motifs is 1. The van der Waals surface area contributed by atoms with Crippen molar-refractivity contribution in [2.75, 3.05) is 26.2 Å². The van der Waals surface area contributed by atoms with Crippen molar-refractivity contribution in [3.8, 4) is 11.1 Å². The van der Waals surface area contributed by atoms with Gasteiger partial charge in [0.05, 0.1) is 12.1 Å². The van der Waals surface area contributed by atoms with E-state index in [0.29, 0.717) is 29.8 Å². The Labute approximate surface area is 202 Å². The van der Waals surface area contributed by atoms with E-state index >= 15 is 0 Å². The number of carbonyl (C=O) groups excluding carboxylic acids is 1. The summed E-state index contributed by atoms with van der Waals surface area (Å²) in [4.78, 5) is 17.5. The van der Waals surface area contributed by atoms with Gasteiger partial charge in [0.1, 0.15) is 11.6 Å². The van der Waals surface area contributed by atoms with E-state index in [2.05, 4.69) is 19.7 Å². The second kappa shape index (κ2) is 9.81. The van der Waals surface area contributed by atoms with Crippen LogP contribution in [-0.4, -0.2) is 56.7 Å². The van der Waals surface area contributed by atoms with E-state index in [0.717, 1.165) is 69.2 Å². The molecule has 0 saturated carbocycles. The number of alkyl halides is 3. The van der Waals surface area contributed by atoms with Gasteiger partial charge in [-0.3, -0.25) is 9.69 Å². The Morgan fingerprint density at radius 1 is 0.857 bits per heavy atom. The molecule has 0 radical (unpaired) electrons. The van der Waals surface area contributed by atoms with Crippen molar-refractivity contribution in [1.82, 2.24) is 24.6 Å². The average molecular weight is 484 g/mol. The maximum absolute atomic E-state index is 13.4. The van der Waals surface area contributed by atoms with E-state index < -0.39 is 11.7 Å². The second-order valence-electron chi connectivity index (χ2n) is 9.18. The third-order valence-corrected chi connectivity index (χ3v) is 6.89. The molecular weight excluding hydrogens is 455 g/mol. The summed E-state index contributed by atoms with van der Waals surface area (Å²) in [6, 6.07) is 12.1. The van der Waals surface area contributed by atoms with Gasteiger partial charge in [0.2, 0.25) is 0 Å². The van der Waals surface area contributed by atoms with Gasteiger partial charge in [-0.1, -0.05) is 36.8 Å². The first-order chi connectivity index (χ1) is 16.9.